The average Bonchev–Trinajstić information content (AvgIpc) is 2.67. The first-order valence-corrected chi connectivity index (χ1v) is 4.91. The Hall–Kier alpha value is -0.940. The van der Waals surface area contributed by atoms with Crippen LogP contribution in [0.15, 0.2) is 4.52 Å². The van der Waals surface area contributed by atoms with Gasteiger partial charge in [-0.2, -0.15) is 4.98 Å². The Morgan fingerprint density at radius 2 is 2.43 bits per heavy atom. The van der Waals surface area contributed by atoms with E-state index in [4.69, 9.17) is 15.0 Å². The molecule has 5 nitrogen and oxygen atoms in total. The summed E-state index contributed by atoms with van der Waals surface area (Å²) < 4.78 is 10.5. The molecule has 2 heterocycles. The Labute approximate surface area is 82.6 Å². The Bertz CT molecular complexity index is 300. The summed E-state index contributed by atoms with van der Waals surface area (Å²) in [4.78, 5) is 4.24. The normalized spacial score (nSPS) is 27.9. The quantitative estimate of drug-likeness (QED) is 0.754. The summed E-state index contributed by atoms with van der Waals surface area (Å²) >= 11 is 0. The van der Waals surface area contributed by atoms with E-state index in [1.807, 2.05) is 0 Å². The topological polar surface area (TPSA) is 74.2 Å². The Morgan fingerprint density at radius 3 is 3.07 bits per heavy atom. The fourth-order valence-corrected chi connectivity index (χ4v) is 1.75. The minimum atomic E-state index is 0.330. The molecule has 0 aliphatic carbocycles. The highest BCUT2D eigenvalue weighted by atomic mass is 16.5. The van der Waals surface area contributed by atoms with Crippen molar-refractivity contribution in [1.29, 1.82) is 0 Å². The fraction of sp³-hybridized carbons (Fsp3) is 0.778. The molecule has 14 heavy (non-hydrogen) atoms. The zero-order valence-corrected chi connectivity index (χ0v) is 8.27. The monoisotopic (exact) mass is 197 g/mol. The first-order chi connectivity index (χ1) is 6.81. The van der Waals surface area contributed by atoms with Crippen molar-refractivity contribution in [1.82, 2.24) is 10.1 Å². The van der Waals surface area contributed by atoms with E-state index in [9.17, 15) is 0 Å². The van der Waals surface area contributed by atoms with E-state index >= 15 is 0 Å². The van der Waals surface area contributed by atoms with Crippen LogP contribution in [-0.4, -0.2) is 23.4 Å². The van der Waals surface area contributed by atoms with Gasteiger partial charge in [0, 0.05) is 19.1 Å². The van der Waals surface area contributed by atoms with Crippen molar-refractivity contribution < 1.29 is 9.26 Å². The number of nitrogens with two attached hydrogens (primary N) is 1. The van der Waals surface area contributed by atoms with Gasteiger partial charge in [-0.25, -0.2) is 0 Å². The van der Waals surface area contributed by atoms with Gasteiger partial charge in [0.15, 0.2) is 5.82 Å². The molecule has 2 atom stereocenters. The molecule has 0 aromatic carbocycles. The number of nitrogens with zero attached hydrogens (tertiary/aromatic N) is 2. The highest BCUT2D eigenvalue weighted by molar-refractivity contribution is 4.97. The summed E-state index contributed by atoms with van der Waals surface area (Å²) in [5, 5.41) is 3.79. The summed E-state index contributed by atoms with van der Waals surface area (Å²) in [6.45, 7) is 4.01. The van der Waals surface area contributed by atoms with Gasteiger partial charge in [0.25, 0.3) is 0 Å². The third-order valence-electron chi connectivity index (χ3n) is 2.62. The number of ether oxygens (including phenoxy) is 1. The van der Waals surface area contributed by atoms with E-state index in [0.717, 1.165) is 19.6 Å². The van der Waals surface area contributed by atoms with Gasteiger partial charge in [-0.3, -0.25) is 0 Å². The molecule has 0 spiro atoms. The molecule has 0 radical (unpaired) electrons. The molecule has 5 heteroatoms. The molecule has 2 rings (SSSR count). The third-order valence-corrected chi connectivity index (χ3v) is 2.62. The van der Waals surface area contributed by atoms with E-state index in [-0.39, 0.29) is 0 Å². The van der Waals surface area contributed by atoms with E-state index in [2.05, 4.69) is 17.1 Å². The Kier molecular flexibility index (Phi) is 2.79. The highest BCUT2D eigenvalue weighted by Gasteiger charge is 2.28. The van der Waals surface area contributed by atoms with Crippen molar-refractivity contribution in [3.8, 4) is 0 Å². The molecule has 1 aliphatic heterocycles. The second-order valence-corrected chi connectivity index (χ2v) is 3.70. The van der Waals surface area contributed by atoms with E-state index in [1.165, 1.54) is 0 Å². The number of hydrogen-bond acceptors (Lipinski definition) is 5. The molecule has 1 aromatic heterocycles. The van der Waals surface area contributed by atoms with Crippen LogP contribution in [0.4, 0.5) is 0 Å². The molecule has 0 bridgehead atoms. The lowest BCUT2D eigenvalue weighted by molar-refractivity contribution is 0.0392. The van der Waals surface area contributed by atoms with Crippen LogP contribution in [0, 0.1) is 5.92 Å². The summed E-state index contributed by atoms with van der Waals surface area (Å²) in [6, 6.07) is 0. The SMILES string of the molecule is CC1COCCC1c1nc(CN)no1. The maximum absolute atomic E-state index is 5.42. The summed E-state index contributed by atoms with van der Waals surface area (Å²) in [5.41, 5.74) is 5.42. The molecule has 1 saturated heterocycles. The molecule has 78 valence electrons. The van der Waals surface area contributed by atoms with Crippen LogP contribution in [0.25, 0.3) is 0 Å². The maximum atomic E-state index is 5.42. The minimum Gasteiger partial charge on any atom is -0.381 e. The number of aromatic nitrogens is 2. The predicted octanol–water partition coefficient (Wildman–Crippen LogP) is 0.668. The lowest BCUT2D eigenvalue weighted by Gasteiger charge is -2.25. The van der Waals surface area contributed by atoms with Gasteiger partial charge in [-0.1, -0.05) is 12.1 Å². The summed E-state index contributed by atoms with van der Waals surface area (Å²) in [5.74, 6) is 2.06. The van der Waals surface area contributed by atoms with Crippen LogP contribution < -0.4 is 5.73 Å². The summed E-state index contributed by atoms with van der Waals surface area (Å²) in [7, 11) is 0. The van der Waals surface area contributed by atoms with Crippen LogP contribution in [0.1, 0.15) is 31.0 Å². The first kappa shape index (κ1) is 9.61. The van der Waals surface area contributed by atoms with Gasteiger partial charge in [0.1, 0.15) is 0 Å². The number of rotatable bonds is 2. The van der Waals surface area contributed by atoms with Crippen molar-refractivity contribution in [3.05, 3.63) is 11.7 Å². The third kappa shape index (κ3) is 1.78. The van der Waals surface area contributed by atoms with E-state index in [0.29, 0.717) is 30.1 Å². The number of hydrogen-bond donors (Lipinski definition) is 1. The molecule has 2 N–H and O–H groups in total. The van der Waals surface area contributed by atoms with Crippen LogP contribution >= 0.6 is 0 Å². The summed E-state index contributed by atoms with van der Waals surface area (Å²) in [6.07, 6.45) is 0.952. The molecule has 1 aliphatic rings. The zero-order chi connectivity index (χ0) is 9.97. The van der Waals surface area contributed by atoms with Crippen molar-refractivity contribution in [2.24, 2.45) is 11.7 Å². The molecular weight excluding hydrogens is 182 g/mol. The molecular formula is C9H15N3O2. The van der Waals surface area contributed by atoms with Gasteiger partial charge < -0.3 is 15.0 Å². The van der Waals surface area contributed by atoms with E-state index in [1.54, 1.807) is 0 Å². The van der Waals surface area contributed by atoms with Crippen LogP contribution in [0.3, 0.4) is 0 Å². The van der Waals surface area contributed by atoms with Crippen molar-refractivity contribution >= 4 is 0 Å². The van der Waals surface area contributed by atoms with Gasteiger partial charge >= 0.3 is 0 Å². The smallest absolute Gasteiger partial charge is 0.230 e. The minimum absolute atomic E-state index is 0.330. The van der Waals surface area contributed by atoms with Crippen LogP contribution in [0.2, 0.25) is 0 Å². The van der Waals surface area contributed by atoms with Crippen LogP contribution in [-0.2, 0) is 11.3 Å². The van der Waals surface area contributed by atoms with Crippen molar-refractivity contribution in [2.45, 2.75) is 25.8 Å². The maximum Gasteiger partial charge on any atom is 0.230 e. The average molecular weight is 197 g/mol. The van der Waals surface area contributed by atoms with Gasteiger partial charge in [0.2, 0.25) is 5.89 Å². The Morgan fingerprint density at radius 1 is 1.57 bits per heavy atom. The van der Waals surface area contributed by atoms with Crippen molar-refractivity contribution in [3.63, 3.8) is 0 Å². The van der Waals surface area contributed by atoms with E-state index < -0.39 is 0 Å². The lowest BCUT2D eigenvalue weighted by atomic mass is 9.90. The van der Waals surface area contributed by atoms with Crippen LogP contribution in [0.5, 0.6) is 0 Å². The van der Waals surface area contributed by atoms with Gasteiger partial charge in [0.05, 0.1) is 6.54 Å². The second-order valence-electron chi connectivity index (χ2n) is 3.70. The molecule has 0 saturated carbocycles. The predicted molar refractivity (Wildman–Crippen MR) is 49.5 cm³/mol. The van der Waals surface area contributed by atoms with Crippen molar-refractivity contribution in [2.75, 3.05) is 13.2 Å². The standard InChI is InChI=1S/C9H15N3O2/c1-6-5-13-3-2-7(6)9-11-8(4-10)12-14-9/h6-7H,2-5,10H2,1H3. The molecule has 0 amide bonds. The molecule has 2 unspecified atom stereocenters. The zero-order valence-electron chi connectivity index (χ0n) is 8.27. The van der Waals surface area contributed by atoms with Gasteiger partial charge in [-0.05, 0) is 12.3 Å². The lowest BCUT2D eigenvalue weighted by Crippen LogP contribution is -2.23. The largest absolute Gasteiger partial charge is 0.381 e. The molecule has 1 fully saturated rings. The van der Waals surface area contributed by atoms with Gasteiger partial charge in [-0.15, -0.1) is 0 Å². The first-order valence-electron chi connectivity index (χ1n) is 4.91. The highest BCUT2D eigenvalue weighted by Crippen LogP contribution is 2.30. The fourth-order valence-electron chi connectivity index (χ4n) is 1.75. The second kappa shape index (κ2) is 4.06. The molecule has 1 aromatic rings. The Balaban J connectivity index is 2.12.